The molecule has 0 aliphatic carbocycles. The molecule has 1 aliphatic rings. The van der Waals surface area contributed by atoms with Crippen LogP contribution in [-0.2, 0) is 4.74 Å². The maximum Gasteiger partial charge on any atom is 0.410 e. The zero-order valence-corrected chi connectivity index (χ0v) is 10.3. The van der Waals surface area contributed by atoms with Crippen molar-refractivity contribution in [1.29, 1.82) is 5.26 Å². The van der Waals surface area contributed by atoms with Gasteiger partial charge in [0, 0.05) is 12.6 Å². The predicted molar refractivity (Wildman–Crippen MR) is 60.8 cm³/mol. The molecule has 0 radical (unpaired) electrons. The van der Waals surface area contributed by atoms with Crippen molar-refractivity contribution in [3.05, 3.63) is 0 Å². The molecule has 1 saturated heterocycles. The summed E-state index contributed by atoms with van der Waals surface area (Å²) in [7, 11) is 0. The van der Waals surface area contributed by atoms with E-state index in [1.165, 1.54) is 0 Å². The molecule has 16 heavy (non-hydrogen) atoms. The van der Waals surface area contributed by atoms with Crippen LogP contribution in [0.25, 0.3) is 0 Å². The van der Waals surface area contributed by atoms with Crippen LogP contribution in [0, 0.1) is 11.3 Å². The van der Waals surface area contributed by atoms with Crippen LogP contribution in [0.5, 0.6) is 0 Å². The van der Waals surface area contributed by atoms with Gasteiger partial charge in [0.2, 0.25) is 0 Å². The van der Waals surface area contributed by atoms with E-state index < -0.39 is 5.60 Å². The third kappa shape index (κ3) is 3.73. The first-order valence-corrected chi connectivity index (χ1v) is 5.80. The van der Waals surface area contributed by atoms with Gasteiger partial charge in [0.1, 0.15) is 5.60 Å². The number of hydrogen-bond donors (Lipinski definition) is 0. The van der Waals surface area contributed by atoms with Crippen LogP contribution in [-0.4, -0.2) is 29.2 Å². The lowest BCUT2D eigenvalue weighted by molar-refractivity contribution is 0.0104. The first-order valence-electron chi connectivity index (χ1n) is 5.80. The molecule has 1 aliphatic heterocycles. The molecule has 0 aromatic carbocycles. The highest BCUT2D eigenvalue weighted by molar-refractivity contribution is 5.68. The fourth-order valence-electron chi connectivity index (χ4n) is 1.88. The maximum atomic E-state index is 11.9. The number of nitrogens with zero attached hydrogens (tertiary/aromatic N) is 2. The second-order valence-electron chi connectivity index (χ2n) is 5.19. The van der Waals surface area contributed by atoms with E-state index in [0.29, 0.717) is 13.0 Å². The van der Waals surface area contributed by atoms with Gasteiger partial charge in [-0.2, -0.15) is 5.26 Å². The van der Waals surface area contributed by atoms with Gasteiger partial charge in [0.15, 0.2) is 0 Å². The number of rotatable bonds is 1. The minimum atomic E-state index is -0.467. The Morgan fingerprint density at radius 2 is 2.19 bits per heavy atom. The van der Waals surface area contributed by atoms with E-state index in [2.05, 4.69) is 6.07 Å². The quantitative estimate of drug-likeness (QED) is 0.688. The van der Waals surface area contributed by atoms with Gasteiger partial charge in [-0.1, -0.05) is 0 Å². The van der Waals surface area contributed by atoms with E-state index in [4.69, 9.17) is 10.00 Å². The maximum absolute atomic E-state index is 11.9. The SMILES string of the molecule is CC(C)(C)OC(=O)N1CCCC[C@@H]1CC#N. The van der Waals surface area contributed by atoms with E-state index in [-0.39, 0.29) is 12.1 Å². The number of nitriles is 1. The van der Waals surface area contributed by atoms with Crippen LogP contribution in [0.2, 0.25) is 0 Å². The van der Waals surface area contributed by atoms with Gasteiger partial charge >= 0.3 is 6.09 Å². The molecule has 4 nitrogen and oxygen atoms in total. The fraction of sp³-hybridized carbons (Fsp3) is 0.833. The van der Waals surface area contributed by atoms with Crippen molar-refractivity contribution in [3.63, 3.8) is 0 Å². The normalized spacial score (nSPS) is 21.4. The molecule has 0 N–H and O–H groups in total. The van der Waals surface area contributed by atoms with E-state index in [9.17, 15) is 4.79 Å². The molecule has 4 heteroatoms. The Kier molecular flexibility index (Phi) is 4.17. The van der Waals surface area contributed by atoms with E-state index in [0.717, 1.165) is 19.3 Å². The summed E-state index contributed by atoms with van der Waals surface area (Å²) in [5.41, 5.74) is -0.467. The summed E-state index contributed by atoms with van der Waals surface area (Å²) in [6.07, 6.45) is 3.12. The molecule has 1 fully saturated rings. The van der Waals surface area contributed by atoms with Gasteiger partial charge in [-0.05, 0) is 40.0 Å². The van der Waals surface area contributed by atoms with Crippen molar-refractivity contribution in [2.24, 2.45) is 0 Å². The lowest BCUT2D eigenvalue weighted by Gasteiger charge is -2.35. The number of carbonyl (C=O) groups is 1. The summed E-state index contributed by atoms with van der Waals surface area (Å²) < 4.78 is 5.33. The van der Waals surface area contributed by atoms with Crippen LogP contribution in [0.4, 0.5) is 4.79 Å². The Bertz CT molecular complexity index is 288. The third-order valence-corrected chi connectivity index (χ3v) is 2.58. The molecular weight excluding hydrogens is 204 g/mol. The van der Waals surface area contributed by atoms with Crippen LogP contribution in [0.1, 0.15) is 46.5 Å². The van der Waals surface area contributed by atoms with Crippen LogP contribution >= 0.6 is 0 Å². The lowest BCUT2D eigenvalue weighted by atomic mass is 10.0. The smallest absolute Gasteiger partial charge is 0.410 e. The highest BCUT2D eigenvalue weighted by Crippen LogP contribution is 2.21. The Labute approximate surface area is 97.2 Å². The molecule has 1 rings (SSSR count). The Morgan fingerprint density at radius 1 is 1.50 bits per heavy atom. The van der Waals surface area contributed by atoms with Gasteiger partial charge in [-0.25, -0.2) is 4.79 Å². The van der Waals surface area contributed by atoms with Crippen molar-refractivity contribution >= 4 is 6.09 Å². The molecule has 0 aromatic rings. The van der Waals surface area contributed by atoms with E-state index in [1.807, 2.05) is 20.8 Å². The molecule has 1 heterocycles. The third-order valence-electron chi connectivity index (χ3n) is 2.58. The summed E-state index contributed by atoms with van der Waals surface area (Å²) in [5.74, 6) is 0. The first-order chi connectivity index (χ1) is 7.44. The topological polar surface area (TPSA) is 53.3 Å². The van der Waals surface area contributed by atoms with E-state index >= 15 is 0 Å². The minimum Gasteiger partial charge on any atom is -0.444 e. The largest absolute Gasteiger partial charge is 0.444 e. The average Bonchev–Trinajstić information content (AvgIpc) is 2.16. The first kappa shape index (κ1) is 12.8. The van der Waals surface area contributed by atoms with Crippen molar-refractivity contribution in [3.8, 4) is 6.07 Å². The Morgan fingerprint density at radius 3 is 2.75 bits per heavy atom. The van der Waals surface area contributed by atoms with Gasteiger partial charge in [-0.15, -0.1) is 0 Å². The summed E-state index contributed by atoms with van der Waals surface area (Å²) in [5, 5.41) is 8.72. The second kappa shape index (κ2) is 5.20. The highest BCUT2D eigenvalue weighted by Gasteiger charge is 2.29. The number of likely N-dealkylation sites (tertiary alicyclic amines) is 1. The summed E-state index contributed by atoms with van der Waals surface area (Å²) in [6.45, 7) is 6.28. The van der Waals surface area contributed by atoms with Crippen molar-refractivity contribution in [2.75, 3.05) is 6.54 Å². The van der Waals surface area contributed by atoms with Gasteiger partial charge < -0.3 is 9.64 Å². The standard InChI is InChI=1S/C12H20N2O2/c1-12(2,3)16-11(15)14-9-5-4-6-10(14)7-8-13/h10H,4-7,9H2,1-3H3/t10-/m1/s1. The molecule has 90 valence electrons. The average molecular weight is 224 g/mol. The van der Waals surface area contributed by atoms with Crippen molar-refractivity contribution in [2.45, 2.75) is 58.1 Å². The van der Waals surface area contributed by atoms with Crippen molar-refractivity contribution < 1.29 is 9.53 Å². The molecule has 0 bridgehead atoms. The van der Waals surface area contributed by atoms with Gasteiger partial charge in [0.25, 0.3) is 0 Å². The Hall–Kier alpha value is -1.24. The molecule has 0 aromatic heterocycles. The highest BCUT2D eigenvalue weighted by atomic mass is 16.6. The van der Waals surface area contributed by atoms with Crippen LogP contribution in [0.3, 0.4) is 0 Å². The Balaban J connectivity index is 2.61. The molecule has 0 unspecified atom stereocenters. The van der Waals surface area contributed by atoms with Crippen LogP contribution < -0.4 is 0 Å². The van der Waals surface area contributed by atoms with Gasteiger partial charge in [-0.3, -0.25) is 0 Å². The zero-order chi connectivity index (χ0) is 12.2. The van der Waals surface area contributed by atoms with Crippen molar-refractivity contribution in [1.82, 2.24) is 4.90 Å². The molecule has 1 amide bonds. The number of amides is 1. The van der Waals surface area contributed by atoms with E-state index in [1.54, 1.807) is 4.90 Å². The fourth-order valence-corrected chi connectivity index (χ4v) is 1.88. The minimum absolute atomic E-state index is 0.0357. The molecule has 0 spiro atoms. The second-order valence-corrected chi connectivity index (χ2v) is 5.19. The molecule has 1 atom stereocenters. The number of hydrogen-bond acceptors (Lipinski definition) is 3. The zero-order valence-electron chi connectivity index (χ0n) is 10.3. The summed E-state index contributed by atoms with van der Waals surface area (Å²) in [6, 6.07) is 2.17. The summed E-state index contributed by atoms with van der Waals surface area (Å²) in [4.78, 5) is 13.6. The number of ether oxygens (including phenoxy) is 1. The van der Waals surface area contributed by atoms with Gasteiger partial charge in [0.05, 0.1) is 12.5 Å². The molecular formula is C12H20N2O2. The molecule has 0 saturated carbocycles. The number of carbonyl (C=O) groups excluding carboxylic acids is 1. The summed E-state index contributed by atoms with van der Waals surface area (Å²) >= 11 is 0. The monoisotopic (exact) mass is 224 g/mol. The van der Waals surface area contributed by atoms with Crippen LogP contribution in [0.15, 0.2) is 0 Å². The number of piperidine rings is 1. The predicted octanol–water partition coefficient (Wildman–Crippen LogP) is 2.69. The lowest BCUT2D eigenvalue weighted by Crippen LogP contribution is -2.45.